The highest BCUT2D eigenvalue weighted by molar-refractivity contribution is 6.06. The van der Waals surface area contributed by atoms with Gasteiger partial charge in [0.25, 0.3) is 11.6 Å². The lowest BCUT2D eigenvalue weighted by molar-refractivity contribution is -0.383. The molecule has 1 heterocycles. The summed E-state index contributed by atoms with van der Waals surface area (Å²) in [4.78, 5) is 27.7. The first-order chi connectivity index (χ1) is 9.50. The predicted octanol–water partition coefficient (Wildman–Crippen LogP) is 1.85. The molecule has 0 atom stereocenters. The van der Waals surface area contributed by atoms with E-state index in [0.29, 0.717) is 5.82 Å². The first-order valence-electron chi connectivity index (χ1n) is 5.73. The van der Waals surface area contributed by atoms with Gasteiger partial charge in [-0.15, -0.1) is 0 Å². The Morgan fingerprint density at radius 1 is 1.35 bits per heavy atom. The van der Waals surface area contributed by atoms with Crippen LogP contribution in [0.1, 0.15) is 10.4 Å². The highest BCUT2D eigenvalue weighted by atomic mass is 16.6. The molecule has 0 radical (unpaired) electrons. The monoisotopic (exact) mass is 272 g/mol. The molecule has 0 spiro atoms. The quantitative estimate of drug-likeness (QED) is 0.521. The second-order valence-electron chi connectivity index (χ2n) is 4.08. The van der Waals surface area contributed by atoms with Crippen LogP contribution in [-0.4, -0.2) is 22.9 Å². The Bertz CT molecular complexity index is 658. The Hall–Kier alpha value is -2.96. The fourth-order valence-corrected chi connectivity index (χ4v) is 1.70. The molecule has 0 aliphatic heterocycles. The maximum atomic E-state index is 12.2. The topological polar surface area (TPSA) is 102 Å². The van der Waals surface area contributed by atoms with E-state index in [2.05, 4.69) is 4.98 Å². The van der Waals surface area contributed by atoms with Crippen LogP contribution in [0, 0.1) is 10.1 Å². The average Bonchev–Trinajstić information content (AvgIpc) is 2.46. The molecule has 7 heteroatoms. The van der Waals surface area contributed by atoms with Crippen molar-refractivity contribution in [2.45, 2.75) is 0 Å². The summed E-state index contributed by atoms with van der Waals surface area (Å²) in [5.74, 6) is 0.139. The molecule has 2 N–H and O–H groups in total. The van der Waals surface area contributed by atoms with Crippen molar-refractivity contribution in [3.05, 3.63) is 58.3 Å². The first kappa shape index (κ1) is 13.5. The van der Waals surface area contributed by atoms with Crippen molar-refractivity contribution in [1.82, 2.24) is 4.98 Å². The molecule has 0 bridgehead atoms. The van der Waals surface area contributed by atoms with E-state index >= 15 is 0 Å². The van der Waals surface area contributed by atoms with Crippen LogP contribution in [0.2, 0.25) is 0 Å². The van der Waals surface area contributed by atoms with Crippen LogP contribution in [0.5, 0.6) is 0 Å². The maximum Gasteiger partial charge on any atom is 0.292 e. The zero-order chi connectivity index (χ0) is 14.7. The Kier molecular flexibility index (Phi) is 3.60. The lowest BCUT2D eigenvalue weighted by atomic mass is 10.1. The smallest absolute Gasteiger partial charge is 0.292 e. The molecule has 0 aliphatic rings. The Morgan fingerprint density at radius 2 is 2.10 bits per heavy atom. The number of rotatable bonds is 3. The maximum absolute atomic E-state index is 12.2. The standard InChI is InChI=1S/C13H12N4O3/c1-16(12-4-2-3-7-15-12)13(18)9-5-6-11(17(19)20)10(14)8-9/h2-8H,14H2,1H3. The minimum atomic E-state index is -0.591. The number of nitrogens with two attached hydrogens (primary N) is 1. The van der Waals surface area contributed by atoms with E-state index in [1.54, 1.807) is 31.4 Å². The summed E-state index contributed by atoms with van der Waals surface area (Å²) in [5.41, 5.74) is 5.57. The number of aromatic nitrogens is 1. The van der Waals surface area contributed by atoms with Gasteiger partial charge in [-0.25, -0.2) is 4.98 Å². The number of nitrogen functional groups attached to an aromatic ring is 1. The number of nitro benzene ring substituents is 1. The van der Waals surface area contributed by atoms with E-state index < -0.39 is 4.92 Å². The van der Waals surface area contributed by atoms with Crippen LogP contribution in [0.25, 0.3) is 0 Å². The first-order valence-corrected chi connectivity index (χ1v) is 5.73. The molecule has 7 nitrogen and oxygen atoms in total. The van der Waals surface area contributed by atoms with Gasteiger partial charge in [0.15, 0.2) is 0 Å². The molecule has 1 aromatic carbocycles. The van der Waals surface area contributed by atoms with Gasteiger partial charge in [0, 0.05) is 24.9 Å². The number of benzene rings is 1. The zero-order valence-corrected chi connectivity index (χ0v) is 10.7. The van der Waals surface area contributed by atoms with Gasteiger partial charge in [0.2, 0.25) is 0 Å². The van der Waals surface area contributed by atoms with Gasteiger partial charge < -0.3 is 5.73 Å². The number of carbonyl (C=O) groups is 1. The molecule has 2 aromatic rings. The zero-order valence-electron chi connectivity index (χ0n) is 10.7. The van der Waals surface area contributed by atoms with E-state index in [4.69, 9.17) is 5.73 Å². The van der Waals surface area contributed by atoms with Gasteiger partial charge in [0.05, 0.1) is 4.92 Å². The van der Waals surface area contributed by atoms with Crippen molar-refractivity contribution in [3.8, 4) is 0 Å². The Balaban J connectivity index is 2.30. The fraction of sp³-hybridized carbons (Fsp3) is 0.0769. The number of nitrogens with zero attached hydrogens (tertiary/aromatic N) is 3. The van der Waals surface area contributed by atoms with Crippen molar-refractivity contribution in [3.63, 3.8) is 0 Å². The second kappa shape index (κ2) is 5.35. The molecule has 0 aliphatic carbocycles. The van der Waals surface area contributed by atoms with Crippen molar-refractivity contribution in [2.75, 3.05) is 17.7 Å². The molecule has 0 saturated heterocycles. The molecule has 0 saturated carbocycles. The number of nitro groups is 1. The van der Waals surface area contributed by atoms with E-state index in [0.717, 1.165) is 0 Å². The number of hydrogen-bond acceptors (Lipinski definition) is 5. The highest BCUT2D eigenvalue weighted by Crippen LogP contribution is 2.23. The van der Waals surface area contributed by atoms with Gasteiger partial charge in [0.1, 0.15) is 11.5 Å². The summed E-state index contributed by atoms with van der Waals surface area (Å²) in [5, 5.41) is 10.7. The summed E-state index contributed by atoms with van der Waals surface area (Å²) >= 11 is 0. The lowest BCUT2D eigenvalue weighted by Crippen LogP contribution is -2.27. The fourth-order valence-electron chi connectivity index (χ4n) is 1.70. The summed E-state index contributed by atoms with van der Waals surface area (Å²) in [6.45, 7) is 0. The van der Waals surface area contributed by atoms with Crippen molar-refractivity contribution in [1.29, 1.82) is 0 Å². The van der Waals surface area contributed by atoms with Crippen LogP contribution >= 0.6 is 0 Å². The molecular formula is C13H12N4O3. The summed E-state index contributed by atoms with van der Waals surface area (Å²) in [6, 6.07) is 9.07. The summed E-state index contributed by atoms with van der Waals surface area (Å²) in [7, 11) is 1.57. The van der Waals surface area contributed by atoms with Crippen LogP contribution in [-0.2, 0) is 0 Å². The summed E-state index contributed by atoms with van der Waals surface area (Å²) in [6.07, 6.45) is 1.57. The van der Waals surface area contributed by atoms with E-state index in [-0.39, 0.29) is 22.8 Å². The normalized spacial score (nSPS) is 10.1. The third-order valence-corrected chi connectivity index (χ3v) is 2.77. The van der Waals surface area contributed by atoms with Gasteiger partial charge in [-0.3, -0.25) is 19.8 Å². The molecule has 2 rings (SSSR count). The molecular weight excluding hydrogens is 260 g/mol. The molecule has 102 valence electrons. The van der Waals surface area contributed by atoms with Gasteiger partial charge in [-0.05, 0) is 24.3 Å². The number of pyridine rings is 1. The number of anilines is 2. The number of carbonyl (C=O) groups excluding carboxylic acids is 1. The molecule has 1 aromatic heterocycles. The Labute approximate surface area is 114 Å². The molecule has 20 heavy (non-hydrogen) atoms. The van der Waals surface area contributed by atoms with Crippen LogP contribution in [0.15, 0.2) is 42.6 Å². The SMILES string of the molecule is CN(C(=O)c1ccc([N+](=O)[O-])c(N)c1)c1ccccn1. The van der Waals surface area contributed by atoms with E-state index in [9.17, 15) is 14.9 Å². The summed E-state index contributed by atoms with van der Waals surface area (Å²) < 4.78 is 0. The van der Waals surface area contributed by atoms with Crippen molar-refractivity contribution in [2.24, 2.45) is 0 Å². The third kappa shape index (κ3) is 2.56. The van der Waals surface area contributed by atoms with E-state index in [1.165, 1.54) is 23.1 Å². The van der Waals surface area contributed by atoms with Gasteiger partial charge in [-0.2, -0.15) is 0 Å². The van der Waals surface area contributed by atoms with Crippen molar-refractivity contribution >= 4 is 23.1 Å². The minimum absolute atomic E-state index is 0.0460. The average molecular weight is 272 g/mol. The second-order valence-corrected chi connectivity index (χ2v) is 4.08. The van der Waals surface area contributed by atoms with Gasteiger partial charge >= 0.3 is 0 Å². The third-order valence-electron chi connectivity index (χ3n) is 2.77. The van der Waals surface area contributed by atoms with Crippen LogP contribution in [0.3, 0.4) is 0 Å². The largest absolute Gasteiger partial charge is 0.393 e. The molecule has 0 unspecified atom stereocenters. The molecule has 1 amide bonds. The van der Waals surface area contributed by atoms with Crippen LogP contribution < -0.4 is 10.6 Å². The van der Waals surface area contributed by atoms with Crippen LogP contribution in [0.4, 0.5) is 17.2 Å². The number of amides is 1. The lowest BCUT2D eigenvalue weighted by Gasteiger charge is -2.16. The molecule has 0 fully saturated rings. The Morgan fingerprint density at radius 3 is 2.65 bits per heavy atom. The number of hydrogen-bond donors (Lipinski definition) is 1. The van der Waals surface area contributed by atoms with Crippen molar-refractivity contribution < 1.29 is 9.72 Å². The highest BCUT2D eigenvalue weighted by Gasteiger charge is 2.18. The van der Waals surface area contributed by atoms with Gasteiger partial charge in [-0.1, -0.05) is 6.07 Å². The van der Waals surface area contributed by atoms with E-state index in [1.807, 2.05) is 0 Å². The predicted molar refractivity (Wildman–Crippen MR) is 74.5 cm³/mol. The minimum Gasteiger partial charge on any atom is -0.393 e.